The minimum absolute atomic E-state index is 0.387. The van der Waals surface area contributed by atoms with Gasteiger partial charge in [0.15, 0.2) is 0 Å². The molecule has 1 fully saturated rings. The van der Waals surface area contributed by atoms with E-state index in [-0.39, 0.29) is 0 Å². The predicted molar refractivity (Wildman–Crippen MR) is 116 cm³/mol. The third-order valence-electron chi connectivity index (χ3n) is 5.70. The predicted octanol–water partition coefficient (Wildman–Crippen LogP) is 4.42. The highest BCUT2D eigenvalue weighted by Gasteiger charge is 2.32. The molecule has 0 saturated carbocycles. The molecule has 8 bridgehead atoms. The Labute approximate surface area is 168 Å². The standard InChI is InChI=1S/C24H18N4O/c1-2-13-7-17-9-15-5-6-21(26-15)19-12-23(29)20-10-18(28-24(19)20)8-14-3-4-16(25-14)11-22(13)27-17/h2-4,7-11,26,29H,1,5-6,12H2. The number of aliphatic hydroxyl groups excluding tert-OH is 1. The third-order valence-corrected chi connectivity index (χ3v) is 5.70. The molecule has 0 spiro atoms. The van der Waals surface area contributed by atoms with Crippen LogP contribution in [0.4, 0.5) is 0 Å². The number of allylic oxidation sites excluding steroid dienone is 12. The van der Waals surface area contributed by atoms with E-state index in [4.69, 9.17) is 9.98 Å². The Morgan fingerprint density at radius 1 is 0.931 bits per heavy atom. The number of rotatable bonds is 1. The van der Waals surface area contributed by atoms with Crippen LogP contribution in [0, 0.1) is 0 Å². The molecule has 0 unspecified atom stereocenters. The molecule has 6 rings (SSSR count). The zero-order valence-electron chi connectivity index (χ0n) is 15.7. The van der Waals surface area contributed by atoms with Gasteiger partial charge in [0, 0.05) is 34.5 Å². The van der Waals surface area contributed by atoms with Gasteiger partial charge in [-0.15, -0.1) is 0 Å². The summed E-state index contributed by atoms with van der Waals surface area (Å²) >= 11 is 0. The van der Waals surface area contributed by atoms with E-state index in [2.05, 4.69) is 23.0 Å². The van der Waals surface area contributed by atoms with Gasteiger partial charge < -0.3 is 10.4 Å². The molecule has 1 aliphatic carbocycles. The maximum Gasteiger partial charge on any atom is 0.106 e. The summed E-state index contributed by atoms with van der Waals surface area (Å²) < 4.78 is 0. The van der Waals surface area contributed by atoms with Crippen LogP contribution in [-0.4, -0.2) is 22.2 Å². The normalized spacial score (nSPS) is 23.9. The van der Waals surface area contributed by atoms with E-state index in [1.807, 2.05) is 42.5 Å². The van der Waals surface area contributed by atoms with Crippen molar-refractivity contribution in [3.05, 3.63) is 106 Å². The van der Waals surface area contributed by atoms with Gasteiger partial charge in [-0.05, 0) is 55.4 Å². The van der Waals surface area contributed by atoms with Gasteiger partial charge in [0.2, 0.25) is 0 Å². The molecular weight excluding hydrogens is 360 g/mol. The Balaban J connectivity index is 1.54. The summed E-state index contributed by atoms with van der Waals surface area (Å²) in [4.78, 5) is 14.2. The molecule has 0 atom stereocenters. The third kappa shape index (κ3) is 2.58. The molecule has 0 aromatic carbocycles. The molecule has 5 heterocycles. The number of nitrogens with zero attached hydrogens (tertiary/aromatic N) is 3. The highest BCUT2D eigenvalue weighted by atomic mass is 16.3. The average Bonchev–Trinajstić information content (AvgIpc) is 3.48. The fraction of sp³-hybridized carbons (Fsp3) is 0.125. The van der Waals surface area contributed by atoms with Crippen molar-refractivity contribution in [3.8, 4) is 0 Å². The smallest absolute Gasteiger partial charge is 0.106 e. The van der Waals surface area contributed by atoms with Crippen molar-refractivity contribution in [2.45, 2.75) is 19.3 Å². The SMILES string of the molecule is C=CC1=CC2=NC1=CC1=NC(=CC3=CC4=C(O)CC(=C5CCC(=C2)N5)C4=N3)C=C1. The maximum absolute atomic E-state index is 10.5. The summed E-state index contributed by atoms with van der Waals surface area (Å²) in [7, 11) is 0. The second-order valence-corrected chi connectivity index (χ2v) is 7.63. The molecule has 0 amide bonds. The first-order valence-corrected chi connectivity index (χ1v) is 9.72. The van der Waals surface area contributed by atoms with Gasteiger partial charge in [0.25, 0.3) is 0 Å². The van der Waals surface area contributed by atoms with E-state index in [0.29, 0.717) is 12.2 Å². The van der Waals surface area contributed by atoms with E-state index in [1.165, 1.54) is 0 Å². The molecule has 2 N–H and O–H groups in total. The number of hydrogen-bond donors (Lipinski definition) is 2. The minimum atomic E-state index is 0.387. The molecule has 1 saturated heterocycles. The Morgan fingerprint density at radius 3 is 2.76 bits per heavy atom. The van der Waals surface area contributed by atoms with Crippen molar-refractivity contribution < 1.29 is 5.11 Å². The van der Waals surface area contributed by atoms with Gasteiger partial charge in [-0.1, -0.05) is 12.7 Å². The Morgan fingerprint density at radius 2 is 1.86 bits per heavy atom. The largest absolute Gasteiger partial charge is 0.511 e. The summed E-state index contributed by atoms with van der Waals surface area (Å²) in [6, 6.07) is 0. The van der Waals surface area contributed by atoms with E-state index in [1.54, 1.807) is 0 Å². The van der Waals surface area contributed by atoms with Crippen LogP contribution >= 0.6 is 0 Å². The Hall–Kier alpha value is -3.73. The fourth-order valence-corrected chi connectivity index (χ4v) is 4.32. The minimum Gasteiger partial charge on any atom is -0.511 e. The van der Waals surface area contributed by atoms with Crippen molar-refractivity contribution in [3.63, 3.8) is 0 Å². The lowest BCUT2D eigenvalue weighted by molar-refractivity contribution is 0.401. The number of hydrogen-bond acceptors (Lipinski definition) is 5. The van der Waals surface area contributed by atoms with Crippen LogP contribution in [0.1, 0.15) is 19.3 Å². The lowest BCUT2D eigenvalue weighted by Crippen LogP contribution is -2.10. The van der Waals surface area contributed by atoms with Gasteiger partial charge >= 0.3 is 0 Å². The number of fused-ring (bicyclic) bond motifs is 5. The molecule has 0 aromatic rings. The zero-order valence-corrected chi connectivity index (χ0v) is 15.7. The summed E-state index contributed by atoms with van der Waals surface area (Å²) in [6.07, 6.45) is 18.1. The van der Waals surface area contributed by atoms with Gasteiger partial charge in [0.05, 0.1) is 34.2 Å². The van der Waals surface area contributed by atoms with Crippen molar-refractivity contribution >= 4 is 17.1 Å². The summed E-state index contributed by atoms with van der Waals surface area (Å²) in [5.41, 5.74) is 10.3. The molecule has 5 nitrogen and oxygen atoms in total. The summed E-state index contributed by atoms with van der Waals surface area (Å²) in [6.45, 7) is 3.92. The van der Waals surface area contributed by atoms with Crippen LogP contribution < -0.4 is 5.32 Å². The van der Waals surface area contributed by atoms with Crippen molar-refractivity contribution in [1.29, 1.82) is 0 Å². The first-order chi connectivity index (χ1) is 14.2. The van der Waals surface area contributed by atoms with Crippen LogP contribution in [0.5, 0.6) is 0 Å². The van der Waals surface area contributed by atoms with E-state index >= 15 is 0 Å². The summed E-state index contributed by atoms with van der Waals surface area (Å²) in [5, 5.41) is 14.0. The molecule has 5 heteroatoms. The molecule has 0 aromatic heterocycles. The zero-order chi connectivity index (χ0) is 19.5. The van der Waals surface area contributed by atoms with Gasteiger partial charge in [-0.3, -0.25) is 0 Å². The number of aliphatic hydroxyl groups is 1. The molecular formula is C24H18N4O. The average molecular weight is 378 g/mol. The van der Waals surface area contributed by atoms with Crippen LogP contribution in [0.2, 0.25) is 0 Å². The lowest BCUT2D eigenvalue weighted by Gasteiger charge is -2.06. The molecule has 5 aliphatic heterocycles. The number of aliphatic imine (C=N–C) groups is 3. The first kappa shape index (κ1) is 16.2. The first-order valence-electron chi connectivity index (χ1n) is 9.72. The van der Waals surface area contributed by atoms with Crippen LogP contribution in [-0.2, 0) is 0 Å². The Bertz CT molecular complexity index is 1250. The maximum atomic E-state index is 10.5. The molecule has 6 aliphatic rings. The van der Waals surface area contributed by atoms with Crippen LogP contribution in [0.25, 0.3) is 0 Å². The second kappa shape index (κ2) is 5.88. The quantitative estimate of drug-likeness (QED) is 0.709. The van der Waals surface area contributed by atoms with Gasteiger partial charge in [-0.25, -0.2) is 15.0 Å². The lowest BCUT2D eigenvalue weighted by atomic mass is 10.1. The van der Waals surface area contributed by atoms with Gasteiger partial charge in [0.1, 0.15) is 5.76 Å². The fourth-order valence-electron chi connectivity index (χ4n) is 4.32. The second-order valence-electron chi connectivity index (χ2n) is 7.63. The van der Waals surface area contributed by atoms with Crippen molar-refractivity contribution in [2.24, 2.45) is 15.0 Å². The molecule has 29 heavy (non-hydrogen) atoms. The van der Waals surface area contributed by atoms with E-state index < -0.39 is 0 Å². The highest BCUT2D eigenvalue weighted by Crippen LogP contribution is 2.38. The van der Waals surface area contributed by atoms with E-state index in [9.17, 15) is 5.11 Å². The van der Waals surface area contributed by atoms with Gasteiger partial charge in [-0.2, -0.15) is 0 Å². The Kier molecular flexibility index (Phi) is 3.29. The van der Waals surface area contributed by atoms with Crippen LogP contribution in [0.3, 0.4) is 0 Å². The number of nitrogens with one attached hydrogen (secondary N) is 1. The topological polar surface area (TPSA) is 69.3 Å². The van der Waals surface area contributed by atoms with Crippen molar-refractivity contribution in [1.82, 2.24) is 5.32 Å². The summed E-state index contributed by atoms with van der Waals surface area (Å²) in [5.74, 6) is 0.387. The highest BCUT2D eigenvalue weighted by molar-refractivity contribution is 6.20. The van der Waals surface area contributed by atoms with Crippen LogP contribution in [0.15, 0.2) is 121 Å². The monoisotopic (exact) mass is 378 g/mol. The molecule has 140 valence electrons. The van der Waals surface area contributed by atoms with E-state index in [0.717, 1.165) is 75.2 Å². The molecule has 0 radical (unpaired) electrons. The van der Waals surface area contributed by atoms with Crippen molar-refractivity contribution in [2.75, 3.05) is 0 Å².